The number of nitrogens with one attached hydrogen (secondary N) is 1. The number of nitrogens with zero attached hydrogens (tertiary/aromatic N) is 5. The molecule has 8 heteroatoms. The first-order valence-electron chi connectivity index (χ1n) is 12.7. The van der Waals surface area contributed by atoms with Crippen molar-refractivity contribution in [3.63, 3.8) is 0 Å². The van der Waals surface area contributed by atoms with Crippen LogP contribution in [0.15, 0.2) is 76.1 Å². The molecule has 0 fully saturated rings. The van der Waals surface area contributed by atoms with E-state index in [2.05, 4.69) is 75.7 Å². The third-order valence-electron chi connectivity index (χ3n) is 6.85. The number of aromatic amines is 1. The summed E-state index contributed by atoms with van der Waals surface area (Å²) >= 11 is 0. The van der Waals surface area contributed by atoms with Crippen LogP contribution < -0.4 is 5.56 Å². The highest BCUT2D eigenvalue weighted by atomic mass is 16.3. The Bertz CT molecular complexity index is 1520. The summed E-state index contributed by atoms with van der Waals surface area (Å²) in [5.74, 6) is 1.55. The number of hydrogen-bond donors (Lipinski definition) is 1. The lowest BCUT2D eigenvalue weighted by Gasteiger charge is -2.30. The molecule has 0 aliphatic carbocycles. The first kappa shape index (κ1) is 24.6. The number of pyridine rings is 1. The predicted octanol–water partition coefficient (Wildman–Crippen LogP) is 4.97. The van der Waals surface area contributed by atoms with Crippen LogP contribution in [0, 0.1) is 13.8 Å². The van der Waals surface area contributed by atoms with Crippen molar-refractivity contribution in [1.82, 2.24) is 30.1 Å². The summed E-state index contributed by atoms with van der Waals surface area (Å²) in [7, 11) is 0. The number of tetrazole rings is 1. The summed E-state index contributed by atoms with van der Waals surface area (Å²) in [6, 6.07) is 20.3. The Morgan fingerprint density at radius 2 is 1.92 bits per heavy atom. The molecule has 8 nitrogen and oxygen atoms in total. The fourth-order valence-corrected chi connectivity index (χ4v) is 5.05. The molecule has 5 aromatic rings. The summed E-state index contributed by atoms with van der Waals surface area (Å²) in [6.45, 7) is 7.92. The molecule has 0 saturated heterocycles. The van der Waals surface area contributed by atoms with Crippen LogP contribution in [-0.4, -0.2) is 36.6 Å². The van der Waals surface area contributed by atoms with Gasteiger partial charge in [0.25, 0.3) is 5.56 Å². The molecule has 0 amide bonds. The van der Waals surface area contributed by atoms with Gasteiger partial charge in [-0.05, 0) is 77.9 Å². The lowest BCUT2D eigenvalue weighted by molar-refractivity contribution is 0.172. The maximum absolute atomic E-state index is 13.2. The van der Waals surface area contributed by atoms with Crippen LogP contribution in [0.25, 0.3) is 10.9 Å². The molecule has 2 aromatic carbocycles. The minimum atomic E-state index is -0.0805. The second-order valence-corrected chi connectivity index (χ2v) is 9.57. The predicted molar refractivity (Wildman–Crippen MR) is 143 cm³/mol. The van der Waals surface area contributed by atoms with Crippen molar-refractivity contribution in [2.24, 2.45) is 0 Å². The standard InChI is InChI=1S/C29H32N6O2/c1-4-26(28-31-32-33-35(28)19-25-11-8-14-37-25)34(13-12-22-9-6-5-7-10-22)18-24-17-23-16-20(2)15-21(3)27(23)30-29(24)36/h5-11,14-17,26H,4,12-13,18-19H2,1-3H3,(H,30,36)/t26-/m1/s1. The third-order valence-corrected chi connectivity index (χ3v) is 6.85. The van der Waals surface area contributed by atoms with Crippen molar-refractivity contribution >= 4 is 10.9 Å². The van der Waals surface area contributed by atoms with E-state index in [4.69, 9.17) is 4.42 Å². The van der Waals surface area contributed by atoms with E-state index in [1.807, 2.05) is 31.2 Å². The van der Waals surface area contributed by atoms with Crippen molar-refractivity contribution in [1.29, 1.82) is 0 Å². The lowest BCUT2D eigenvalue weighted by atomic mass is 10.0. The van der Waals surface area contributed by atoms with E-state index >= 15 is 0 Å². The molecule has 0 aliphatic rings. The fraction of sp³-hybridized carbons (Fsp3) is 0.310. The van der Waals surface area contributed by atoms with E-state index in [1.54, 1.807) is 10.9 Å². The minimum Gasteiger partial charge on any atom is -0.467 e. The van der Waals surface area contributed by atoms with Gasteiger partial charge in [-0.15, -0.1) is 5.10 Å². The number of H-pyrrole nitrogens is 1. The van der Waals surface area contributed by atoms with Gasteiger partial charge in [-0.2, -0.15) is 0 Å². The van der Waals surface area contributed by atoms with Crippen LogP contribution in [-0.2, 0) is 19.5 Å². The topological polar surface area (TPSA) is 92.8 Å². The molecule has 0 aliphatic heterocycles. The number of rotatable bonds is 10. The van der Waals surface area contributed by atoms with Gasteiger partial charge in [0.2, 0.25) is 0 Å². The van der Waals surface area contributed by atoms with Crippen LogP contribution in [0.1, 0.15) is 53.2 Å². The van der Waals surface area contributed by atoms with Gasteiger partial charge in [-0.25, -0.2) is 4.68 Å². The van der Waals surface area contributed by atoms with E-state index in [-0.39, 0.29) is 11.6 Å². The van der Waals surface area contributed by atoms with E-state index in [0.29, 0.717) is 13.1 Å². The van der Waals surface area contributed by atoms with Crippen LogP contribution >= 0.6 is 0 Å². The lowest BCUT2D eigenvalue weighted by Crippen LogP contribution is -2.34. The van der Waals surface area contributed by atoms with Crippen LogP contribution in [0.5, 0.6) is 0 Å². The molecule has 0 radical (unpaired) electrons. The minimum absolute atomic E-state index is 0.0609. The smallest absolute Gasteiger partial charge is 0.252 e. The number of benzene rings is 2. The molecular formula is C29H32N6O2. The van der Waals surface area contributed by atoms with E-state index in [0.717, 1.165) is 53.0 Å². The second kappa shape index (κ2) is 10.9. The van der Waals surface area contributed by atoms with Crippen molar-refractivity contribution in [3.8, 4) is 0 Å². The number of aromatic nitrogens is 5. The highest BCUT2D eigenvalue weighted by Crippen LogP contribution is 2.26. The third kappa shape index (κ3) is 5.54. The summed E-state index contributed by atoms with van der Waals surface area (Å²) in [6.07, 6.45) is 3.29. The van der Waals surface area contributed by atoms with Gasteiger partial charge >= 0.3 is 0 Å². The van der Waals surface area contributed by atoms with Gasteiger partial charge in [0.1, 0.15) is 12.3 Å². The van der Waals surface area contributed by atoms with Crippen molar-refractivity contribution in [2.45, 2.75) is 52.7 Å². The summed E-state index contributed by atoms with van der Waals surface area (Å²) in [4.78, 5) is 18.7. The Morgan fingerprint density at radius 1 is 1.08 bits per heavy atom. The Hall–Kier alpha value is -4.04. The van der Waals surface area contributed by atoms with Crippen molar-refractivity contribution in [3.05, 3.63) is 111 Å². The van der Waals surface area contributed by atoms with Gasteiger partial charge in [-0.3, -0.25) is 9.69 Å². The highest BCUT2D eigenvalue weighted by Gasteiger charge is 2.26. The molecule has 3 heterocycles. The summed E-state index contributed by atoms with van der Waals surface area (Å²) in [5, 5.41) is 13.7. The van der Waals surface area contributed by atoms with E-state index < -0.39 is 0 Å². The molecular weight excluding hydrogens is 464 g/mol. The van der Waals surface area contributed by atoms with E-state index in [9.17, 15) is 4.79 Å². The molecule has 0 spiro atoms. The Balaban J connectivity index is 1.50. The van der Waals surface area contributed by atoms with E-state index in [1.165, 1.54) is 11.1 Å². The monoisotopic (exact) mass is 496 g/mol. The molecule has 0 bridgehead atoms. The quantitative estimate of drug-likeness (QED) is 0.294. The van der Waals surface area contributed by atoms with Gasteiger partial charge in [0, 0.05) is 18.7 Å². The van der Waals surface area contributed by atoms with Gasteiger partial charge in [0.15, 0.2) is 5.82 Å². The first-order valence-corrected chi connectivity index (χ1v) is 12.7. The Morgan fingerprint density at radius 3 is 2.68 bits per heavy atom. The maximum Gasteiger partial charge on any atom is 0.252 e. The molecule has 5 rings (SSSR count). The summed E-state index contributed by atoms with van der Waals surface area (Å²) in [5.41, 5.74) is 5.06. The molecule has 0 unspecified atom stereocenters. The molecule has 1 atom stereocenters. The zero-order valence-electron chi connectivity index (χ0n) is 21.5. The van der Waals surface area contributed by atoms with Gasteiger partial charge in [0.05, 0.1) is 17.8 Å². The number of fused-ring (bicyclic) bond motifs is 1. The Kier molecular flexibility index (Phi) is 7.28. The molecule has 3 aromatic heterocycles. The summed E-state index contributed by atoms with van der Waals surface area (Å²) < 4.78 is 7.33. The van der Waals surface area contributed by atoms with Crippen molar-refractivity contribution in [2.75, 3.05) is 6.54 Å². The van der Waals surface area contributed by atoms with Crippen LogP contribution in [0.2, 0.25) is 0 Å². The maximum atomic E-state index is 13.2. The zero-order chi connectivity index (χ0) is 25.8. The number of furan rings is 1. The van der Waals surface area contributed by atoms with Gasteiger partial charge < -0.3 is 9.40 Å². The van der Waals surface area contributed by atoms with Crippen LogP contribution in [0.4, 0.5) is 0 Å². The largest absolute Gasteiger partial charge is 0.467 e. The Labute approximate surface area is 215 Å². The average molecular weight is 497 g/mol. The SMILES string of the molecule is CC[C@H](c1nnnn1Cc1ccco1)N(CCc1ccccc1)Cc1cc2cc(C)cc(C)c2[nH]c1=O. The second-order valence-electron chi connectivity index (χ2n) is 9.57. The fourth-order valence-electron chi connectivity index (χ4n) is 5.05. The van der Waals surface area contributed by atoms with Gasteiger partial charge in [-0.1, -0.05) is 48.9 Å². The van der Waals surface area contributed by atoms with Crippen LogP contribution in [0.3, 0.4) is 0 Å². The zero-order valence-corrected chi connectivity index (χ0v) is 21.5. The number of hydrogen-bond acceptors (Lipinski definition) is 6. The average Bonchev–Trinajstić information content (AvgIpc) is 3.57. The molecule has 1 N–H and O–H groups in total. The number of aryl methyl sites for hydroxylation is 2. The molecule has 190 valence electrons. The molecule has 37 heavy (non-hydrogen) atoms. The highest BCUT2D eigenvalue weighted by molar-refractivity contribution is 5.82. The normalized spacial score (nSPS) is 12.4. The first-order chi connectivity index (χ1) is 18.0. The molecule has 0 saturated carbocycles. The van der Waals surface area contributed by atoms with Crippen molar-refractivity contribution < 1.29 is 4.42 Å².